The number of cyclic esters (lactones) is 1. The summed E-state index contributed by atoms with van der Waals surface area (Å²) in [5.74, 6) is 0.366. The number of piperidine rings is 2. The van der Waals surface area contributed by atoms with Crippen LogP contribution in [0.25, 0.3) is 0 Å². The number of hydrogen-bond acceptors (Lipinski definition) is 8. The lowest BCUT2D eigenvalue weighted by Gasteiger charge is -2.57. The summed E-state index contributed by atoms with van der Waals surface area (Å²) in [6.45, 7) is 1.40. The van der Waals surface area contributed by atoms with E-state index < -0.39 is 24.1 Å². The maximum absolute atomic E-state index is 12.2. The Morgan fingerprint density at radius 3 is 2.75 bits per heavy atom. The number of carbonyl (C=O) groups is 1. The Morgan fingerprint density at radius 2 is 2.06 bits per heavy atom. The molecule has 0 aliphatic carbocycles. The van der Waals surface area contributed by atoms with Crippen LogP contribution in [0.2, 0.25) is 0 Å². The van der Waals surface area contributed by atoms with Gasteiger partial charge in [0.2, 0.25) is 5.76 Å². The van der Waals surface area contributed by atoms with Crippen molar-refractivity contribution >= 4 is 5.97 Å². The fraction of sp³-hybridized carbons (Fsp3) is 0.708. The lowest BCUT2D eigenvalue weighted by molar-refractivity contribution is -0.141. The van der Waals surface area contributed by atoms with E-state index in [1.807, 2.05) is 0 Å². The van der Waals surface area contributed by atoms with E-state index in [9.17, 15) is 20.1 Å². The lowest BCUT2D eigenvalue weighted by Crippen LogP contribution is -2.65. The fourth-order valence-corrected chi connectivity index (χ4v) is 6.75. The molecule has 3 fully saturated rings. The van der Waals surface area contributed by atoms with Gasteiger partial charge in [-0.2, -0.15) is 0 Å². The van der Waals surface area contributed by atoms with Crippen molar-refractivity contribution in [3.63, 3.8) is 0 Å². The van der Waals surface area contributed by atoms with Gasteiger partial charge >= 0.3 is 5.97 Å². The van der Waals surface area contributed by atoms with E-state index >= 15 is 0 Å². The molecule has 5 rings (SSSR count). The van der Waals surface area contributed by atoms with Crippen molar-refractivity contribution in [1.82, 2.24) is 4.90 Å². The Labute approximate surface area is 188 Å². The second kappa shape index (κ2) is 8.17. The summed E-state index contributed by atoms with van der Waals surface area (Å²) in [5, 5.41) is 31.5. The van der Waals surface area contributed by atoms with Crippen LogP contribution >= 0.6 is 0 Å². The zero-order valence-corrected chi connectivity index (χ0v) is 18.7. The van der Waals surface area contributed by atoms with Crippen LogP contribution in [-0.2, 0) is 19.0 Å². The maximum Gasteiger partial charge on any atom is 0.345 e. The fourth-order valence-electron chi connectivity index (χ4n) is 6.75. The van der Waals surface area contributed by atoms with E-state index in [2.05, 4.69) is 17.9 Å². The smallest absolute Gasteiger partial charge is 0.345 e. The summed E-state index contributed by atoms with van der Waals surface area (Å²) < 4.78 is 17.1. The van der Waals surface area contributed by atoms with Gasteiger partial charge in [-0.1, -0.05) is 13.3 Å². The van der Waals surface area contributed by atoms with Crippen LogP contribution < -0.4 is 0 Å². The van der Waals surface area contributed by atoms with E-state index in [0.717, 1.165) is 50.7 Å². The van der Waals surface area contributed by atoms with Gasteiger partial charge in [-0.05, 0) is 44.6 Å². The van der Waals surface area contributed by atoms with Crippen molar-refractivity contribution in [3.8, 4) is 0 Å². The highest BCUT2D eigenvalue weighted by Crippen LogP contribution is 2.53. The number of fused-ring (bicyclic) bond motifs is 2. The molecule has 0 radical (unpaired) electrons. The van der Waals surface area contributed by atoms with Crippen LogP contribution in [0.15, 0.2) is 34.7 Å². The van der Waals surface area contributed by atoms with E-state index in [1.165, 1.54) is 7.11 Å². The molecule has 0 aromatic carbocycles. The van der Waals surface area contributed by atoms with Crippen LogP contribution in [0.3, 0.4) is 0 Å². The Bertz CT molecular complexity index is 893. The molecule has 6 atom stereocenters. The van der Waals surface area contributed by atoms with Gasteiger partial charge in [-0.25, -0.2) is 4.79 Å². The van der Waals surface area contributed by atoms with E-state index in [4.69, 9.17) is 14.2 Å². The van der Waals surface area contributed by atoms with Crippen LogP contribution in [0.4, 0.5) is 0 Å². The molecule has 0 saturated carbocycles. The minimum atomic E-state index is -0.682. The topological polar surface area (TPSA) is 109 Å². The highest BCUT2D eigenvalue weighted by Gasteiger charge is 2.56. The number of esters is 1. The van der Waals surface area contributed by atoms with Crippen LogP contribution in [0.1, 0.15) is 51.9 Å². The lowest BCUT2D eigenvalue weighted by atomic mass is 9.71. The van der Waals surface area contributed by atoms with Gasteiger partial charge < -0.3 is 29.5 Å². The Kier molecular flexibility index (Phi) is 5.60. The molecule has 32 heavy (non-hydrogen) atoms. The third kappa shape index (κ3) is 3.07. The standard InChI is InChI=1S/C24H33NO7/c1-3-24(29)10-9-13-7-8-17-19(16-5-4-6-18(24)25(13)16)14(11-26)21(31-17)22-20(30-2)15(12-27)23(28)32-22/h8,13-14,16,18-19,26-27,29H,3-7,9-12H2,1-2H3. The summed E-state index contributed by atoms with van der Waals surface area (Å²) in [6, 6.07) is 0.591. The molecule has 0 aromatic heterocycles. The first-order valence-electron chi connectivity index (χ1n) is 11.8. The molecule has 5 aliphatic heterocycles. The minimum absolute atomic E-state index is 0.0539. The highest BCUT2D eigenvalue weighted by molar-refractivity contribution is 5.94. The SMILES string of the molecule is CCC1(O)CCC2CC=C3OC(=C4OC(=O)C(CO)=C4OC)C(CO)C3C3CCCC1N23. The summed E-state index contributed by atoms with van der Waals surface area (Å²) in [4.78, 5) is 14.8. The second-order valence-electron chi connectivity index (χ2n) is 9.62. The first-order valence-corrected chi connectivity index (χ1v) is 11.8. The third-order valence-electron chi connectivity index (χ3n) is 8.32. The monoisotopic (exact) mass is 447 g/mol. The molecule has 8 heteroatoms. The average Bonchev–Trinajstić information content (AvgIpc) is 3.29. The number of methoxy groups -OCH3 is 1. The molecular formula is C24H33NO7. The van der Waals surface area contributed by atoms with E-state index in [-0.39, 0.29) is 41.7 Å². The number of carbonyl (C=O) groups excluding carboxylic acids is 1. The second-order valence-corrected chi connectivity index (χ2v) is 9.62. The van der Waals surface area contributed by atoms with Gasteiger partial charge in [0.05, 0.1) is 31.8 Å². The van der Waals surface area contributed by atoms with Crippen molar-refractivity contribution < 1.29 is 34.3 Å². The molecule has 0 bridgehead atoms. The van der Waals surface area contributed by atoms with E-state index in [0.29, 0.717) is 11.8 Å². The van der Waals surface area contributed by atoms with E-state index in [1.54, 1.807) is 0 Å². The molecule has 5 heterocycles. The van der Waals surface area contributed by atoms with Gasteiger partial charge in [-0.3, -0.25) is 4.90 Å². The number of rotatable bonds is 4. The molecule has 0 aromatic rings. The molecule has 3 N–H and O–H groups in total. The van der Waals surface area contributed by atoms with Gasteiger partial charge in [0.1, 0.15) is 11.3 Å². The van der Waals surface area contributed by atoms with Gasteiger partial charge in [0.15, 0.2) is 11.5 Å². The number of nitrogens with zero attached hydrogens (tertiary/aromatic N) is 1. The van der Waals surface area contributed by atoms with Crippen molar-refractivity contribution in [3.05, 3.63) is 34.7 Å². The molecule has 3 saturated heterocycles. The zero-order chi connectivity index (χ0) is 22.6. The summed E-state index contributed by atoms with van der Waals surface area (Å²) in [5.41, 5.74) is -0.629. The van der Waals surface area contributed by atoms with Crippen molar-refractivity contribution in [2.45, 2.75) is 75.6 Å². The number of aliphatic hydroxyl groups excluding tert-OH is 2. The molecule has 6 unspecified atom stereocenters. The predicted molar refractivity (Wildman–Crippen MR) is 114 cm³/mol. The van der Waals surface area contributed by atoms with Gasteiger partial charge in [0, 0.05) is 24.0 Å². The minimum Gasteiger partial charge on any atom is -0.492 e. The number of aliphatic hydroxyl groups is 3. The maximum atomic E-state index is 12.2. The van der Waals surface area contributed by atoms with Crippen LogP contribution in [-0.4, -0.2) is 70.2 Å². The third-order valence-corrected chi connectivity index (χ3v) is 8.32. The summed E-state index contributed by atoms with van der Waals surface area (Å²) in [6.07, 6.45) is 8.40. The van der Waals surface area contributed by atoms with Gasteiger partial charge in [0.25, 0.3) is 0 Å². The normalized spacial score (nSPS) is 41.5. The summed E-state index contributed by atoms with van der Waals surface area (Å²) >= 11 is 0. The van der Waals surface area contributed by atoms with Crippen molar-refractivity contribution in [2.24, 2.45) is 11.8 Å². The highest BCUT2D eigenvalue weighted by atomic mass is 16.6. The largest absolute Gasteiger partial charge is 0.492 e. The molecule has 8 nitrogen and oxygen atoms in total. The summed E-state index contributed by atoms with van der Waals surface area (Å²) in [7, 11) is 1.42. The Morgan fingerprint density at radius 1 is 1.25 bits per heavy atom. The molecule has 0 spiro atoms. The first kappa shape index (κ1) is 21.9. The van der Waals surface area contributed by atoms with Crippen LogP contribution in [0.5, 0.6) is 0 Å². The average molecular weight is 448 g/mol. The molecular weight excluding hydrogens is 414 g/mol. The Hall–Kier alpha value is -1.87. The van der Waals surface area contributed by atoms with Gasteiger partial charge in [-0.15, -0.1) is 0 Å². The van der Waals surface area contributed by atoms with Crippen molar-refractivity contribution in [2.75, 3.05) is 20.3 Å². The Balaban J connectivity index is 1.57. The number of ether oxygens (including phenoxy) is 3. The molecule has 176 valence electrons. The molecule has 5 aliphatic rings. The van der Waals surface area contributed by atoms with Crippen molar-refractivity contribution in [1.29, 1.82) is 0 Å². The molecule has 0 amide bonds. The predicted octanol–water partition coefficient (Wildman–Crippen LogP) is 1.72. The number of hydrogen-bond donors (Lipinski definition) is 3. The zero-order valence-electron chi connectivity index (χ0n) is 18.7. The van der Waals surface area contributed by atoms with Crippen LogP contribution in [0, 0.1) is 11.8 Å². The first-order chi connectivity index (χ1) is 15.5. The quantitative estimate of drug-likeness (QED) is 0.559.